The van der Waals surface area contributed by atoms with Gasteiger partial charge in [-0.2, -0.15) is 0 Å². The van der Waals surface area contributed by atoms with E-state index in [1.807, 2.05) is 30.3 Å². The van der Waals surface area contributed by atoms with E-state index in [-0.39, 0.29) is 25.7 Å². The van der Waals surface area contributed by atoms with E-state index < -0.39 is 60.2 Å². The normalized spacial score (nSPS) is 13.6. The monoisotopic (exact) mass is 627 g/mol. The number of carboxylic acid groups (broad SMARTS) is 2. The smallest absolute Gasteiger partial charge is 0.326 e. The number of rotatable bonds is 16. The van der Waals surface area contributed by atoms with Gasteiger partial charge in [0.2, 0.25) is 17.7 Å². The highest BCUT2D eigenvalue weighted by Gasteiger charge is 2.31. The van der Waals surface area contributed by atoms with Gasteiger partial charge < -0.3 is 36.9 Å². The summed E-state index contributed by atoms with van der Waals surface area (Å²) < 4.78 is 0. The summed E-state index contributed by atoms with van der Waals surface area (Å²) in [6, 6.07) is 20.3. The largest absolute Gasteiger partial charge is 0.481 e. The molecule has 0 saturated carbocycles. The van der Waals surface area contributed by atoms with Crippen molar-refractivity contribution in [3.63, 3.8) is 0 Å². The summed E-state index contributed by atoms with van der Waals surface area (Å²) in [6.45, 7) is 0. The first-order valence-corrected chi connectivity index (χ1v) is 14.8. The van der Waals surface area contributed by atoms with Crippen molar-refractivity contribution in [3.8, 4) is 0 Å². The highest BCUT2D eigenvalue weighted by atomic mass is 16.4. The van der Waals surface area contributed by atoms with Crippen LogP contribution in [-0.4, -0.2) is 69.0 Å². The zero-order valence-electron chi connectivity index (χ0n) is 25.0. The van der Waals surface area contributed by atoms with Crippen LogP contribution in [0.15, 0.2) is 91.1 Å². The number of para-hydroxylation sites is 1. The Kier molecular flexibility index (Phi) is 11.6. The number of hydrogen-bond donors (Lipinski definition) is 7. The molecule has 4 aromatic rings. The van der Waals surface area contributed by atoms with Crippen LogP contribution in [0.3, 0.4) is 0 Å². The number of hydrogen-bond acceptors (Lipinski definition) is 6. The minimum Gasteiger partial charge on any atom is -0.481 e. The minimum absolute atomic E-state index is 0.00621. The van der Waals surface area contributed by atoms with Gasteiger partial charge in [-0.1, -0.05) is 78.9 Å². The lowest BCUT2D eigenvalue weighted by molar-refractivity contribution is -0.142. The molecule has 3 aromatic carbocycles. The highest BCUT2D eigenvalue weighted by Crippen LogP contribution is 2.19. The quantitative estimate of drug-likeness (QED) is 0.0975. The second-order valence-corrected chi connectivity index (χ2v) is 11.0. The summed E-state index contributed by atoms with van der Waals surface area (Å²) in [4.78, 5) is 66.9. The third kappa shape index (κ3) is 9.50. The number of nitrogens with one attached hydrogen (secondary N) is 4. The average molecular weight is 628 g/mol. The molecule has 1 heterocycles. The summed E-state index contributed by atoms with van der Waals surface area (Å²) in [5.74, 6) is -4.67. The lowest BCUT2D eigenvalue weighted by Gasteiger charge is -2.25. The standard InChI is InChI=1S/C34H37N5O7/c35-25(17-21-9-3-1-4-10-21)31(42)37-27(15-16-30(40)41)32(43)38-28(19-23-20-36-26-14-8-7-13-24(23)26)33(44)39-29(34(45)46)18-22-11-5-2-6-12-22/h1-14,20,25,27-29,36H,15-19,35H2,(H,37,42)(H,38,43)(H,39,44)(H,40,41)(H,45,46). The van der Waals surface area contributed by atoms with Gasteiger partial charge in [-0.25, -0.2) is 4.79 Å². The third-order valence-electron chi connectivity index (χ3n) is 7.54. The van der Waals surface area contributed by atoms with Crippen LogP contribution >= 0.6 is 0 Å². The number of aromatic nitrogens is 1. The number of aliphatic carboxylic acids is 2. The van der Waals surface area contributed by atoms with Crippen LogP contribution in [0.25, 0.3) is 10.9 Å². The summed E-state index contributed by atoms with van der Waals surface area (Å²) in [5.41, 5.74) is 9.08. The fourth-order valence-electron chi connectivity index (χ4n) is 5.10. The van der Waals surface area contributed by atoms with Crippen LogP contribution in [0.5, 0.6) is 0 Å². The van der Waals surface area contributed by atoms with E-state index in [9.17, 15) is 34.2 Å². The molecule has 12 nitrogen and oxygen atoms in total. The predicted molar refractivity (Wildman–Crippen MR) is 171 cm³/mol. The van der Waals surface area contributed by atoms with Crippen LogP contribution in [-0.2, 0) is 43.2 Å². The summed E-state index contributed by atoms with van der Waals surface area (Å²) in [5, 5.41) is 27.7. The molecule has 0 aliphatic carbocycles. The maximum absolute atomic E-state index is 13.7. The molecule has 4 atom stereocenters. The Hall–Kier alpha value is -5.49. The fraction of sp³-hybridized carbons (Fsp3) is 0.265. The third-order valence-corrected chi connectivity index (χ3v) is 7.54. The van der Waals surface area contributed by atoms with E-state index >= 15 is 0 Å². The molecule has 240 valence electrons. The Morgan fingerprint density at radius 1 is 0.652 bits per heavy atom. The Morgan fingerprint density at radius 3 is 1.83 bits per heavy atom. The van der Waals surface area contributed by atoms with Crippen molar-refractivity contribution in [2.24, 2.45) is 5.73 Å². The van der Waals surface area contributed by atoms with Gasteiger partial charge in [0.15, 0.2) is 0 Å². The number of carboxylic acids is 2. The Balaban J connectivity index is 1.55. The van der Waals surface area contributed by atoms with Crippen molar-refractivity contribution < 1.29 is 34.2 Å². The molecule has 46 heavy (non-hydrogen) atoms. The average Bonchev–Trinajstić information content (AvgIpc) is 3.45. The van der Waals surface area contributed by atoms with Gasteiger partial charge in [0.1, 0.15) is 18.1 Å². The summed E-state index contributed by atoms with van der Waals surface area (Å²) in [7, 11) is 0. The van der Waals surface area contributed by atoms with Gasteiger partial charge in [-0.15, -0.1) is 0 Å². The fourth-order valence-corrected chi connectivity index (χ4v) is 5.10. The molecule has 0 radical (unpaired) electrons. The van der Waals surface area contributed by atoms with Gasteiger partial charge in [0, 0.05) is 36.4 Å². The number of carbonyl (C=O) groups excluding carboxylic acids is 3. The topological polar surface area (TPSA) is 204 Å². The van der Waals surface area contributed by atoms with Crippen molar-refractivity contribution in [2.45, 2.75) is 56.3 Å². The number of aromatic amines is 1. The first-order valence-electron chi connectivity index (χ1n) is 14.8. The van der Waals surface area contributed by atoms with Crippen molar-refractivity contribution in [1.82, 2.24) is 20.9 Å². The number of benzene rings is 3. The zero-order chi connectivity index (χ0) is 33.1. The molecular formula is C34H37N5O7. The van der Waals surface area contributed by atoms with Crippen LogP contribution in [0, 0.1) is 0 Å². The van der Waals surface area contributed by atoms with E-state index in [1.54, 1.807) is 60.8 Å². The zero-order valence-corrected chi connectivity index (χ0v) is 25.0. The molecule has 0 aliphatic rings. The molecule has 0 spiro atoms. The van der Waals surface area contributed by atoms with Gasteiger partial charge >= 0.3 is 11.9 Å². The molecule has 1 aromatic heterocycles. The van der Waals surface area contributed by atoms with Crippen LogP contribution in [0.4, 0.5) is 0 Å². The molecular weight excluding hydrogens is 590 g/mol. The predicted octanol–water partition coefficient (Wildman–Crippen LogP) is 1.93. The minimum atomic E-state index is -1.33. The lowest BCUT2D eigenvalue weighted by atomic mass is 10.0. The van der Waals surface area contributed by atoms with Gasteiger partial charge in [0.05, 0.1) is 6.04 Å². The number of fused-ring (bicyclic) bond motifs is 1. The van der Waals surface area contributed by atoms with E-state index in [4.69, 9.17) is 5.73 Å². The molecule has 0 bridgehead atoms. The number of nitrogens with two attached hydrogens (primary N) is 1. The van der Waals surface area contributed by atoms with Crippen molar-refractivity contribution >= 4 is 40.6 Å². The summed E-state index contributed by atoms with van der Waals surface area (Å²) >= 11 is 0. The van der Waals surface area contributed by atoms with Gasteiger partial charge in [-0.05, 0) is 35.6 Å². The molecule has 12 heteroatoms. The van der Waals surface area contributed by atoms with Crippen molar-refractivity contribution in [1.29, 1.82) is 0 Å². The summed E-state index contributed by atoms with van der Waals surface area (Å²) in [6.07, 6.45) is 1.16. The molecule has 4 unspecified atom stereocenters. The Morgan fingerprint density at radius 2 is 1.20 bits per heavy atom. The van der Waals surface area contributed by atoms with Gasteiger partial charge in [0.25, 0.3) is 0 Å². The van der Waals surface area contributed by atoms with Crippen LogP contribution in [0.1, 0.15) is 29.5 Å². The second-order valence-electron chi connectivity index (χ2n) is 11.0. The van der Waals surface area contributed by atoms with Crippen LogP contribution in [0.2, 0.25) is 0 Å². The van der Waals surface area contributed by atoms with E-state index in [2.05, 4.69) is 20.9 Å². The van der Waals surface area contributed by atoms with E-state index in [1.165, 1.54) is 0 Å². The Labute approximate surface area is 265 Å². The molecule has 8 N–H and O–H groups in total. The van der Waals surface area contributed by atoms with E-state index in [0.717, 1.165) is 16.5 Å². The first-order chi connectivity index (χ1) is 22.1. The number of carbonyl (C=O) groups is 5. The molecule has 3 amide bonds. The lowest BCUT2D eigenvalue weighted by Crippen LogP contribution is -2.58. The molecule has 0 fully saturated rings. The second kappa shape index (κ2) is 16.0. The van der Waals surface area contributed by atoms with Crippen molar-refractivity contribution in [3.05, 3.63) is 108 Å². The maximum atomic E-state index is 13.7. The number of H-pyrrole nitrogens is 1. The van der Waals surface area contributed by atoms with Crippen molar-refractivity contribution in [2.75, 3.05) is 0 Å². The molecule has 4 rings (SSSR count). The first kappa shape index (κ1) is 33.4. The maximum Gasteiger partial charge on any atom is 0.326 e. The molecule has 0 aliphatic heterocycles. The highest BCUT2D eigenvalue weighted by molar-refractivity contribution is 5.95. The Bertz CT molecular complexity index is 1660. The number of amides is 3. The van der Waals surface area contributed by atoms with Crippen LogP contribution < -0.4 is 21.7 Å². The molecule has 0 saturated heterocycles. The SMILES string of the molecule is NC(Cc1ccccc1)C(=O)NC(CCC(=O)O)C(=O)NC(Cc1c[nH]c2ccccc12)C(=O)NC(Cc1ccccc1)C(=O)O. The van der Waals surface area contributed by atoms with Gasteiger partial charge in [-0.3, -0.25) is 19.2 Å². The van der Waals surface area contributed by atoms with E-state index in [0.29, 0.717) is 11.1 Å².